The van der Waals surface area contributed by atoms with Gasteiger partial charge in [0.15, 0.2) is 0 Å². The largest absolute Gasteiger partial charge is 0.158 e. The predicted octanol–water partition coefficient (Wildman–Crippen LogP) is 4.99. The lowest BCUT2D eigenvalue weighted by Crippen LogP contribution is -1.72. The van der Waals surface area contributed by atoms with Crippen molar-refractivity contribution in [3.05, 3.63) is 56.9 Å². The monoisotopic (exact) mass is 302 g/mol. The van der Waals surface area contributed by atoms with Crippen LogP contribution < -0.4 is 0 Å². The Morgan fingerprint density at radius 3 is 2.26 bits per heavy atom. The van der Waals surface area contributed by atoms with Crippen molar-refractivity contribution in [3.63, 3.8) is 0 Å². The van der Waals surface area contributed by atoms with E-state index in [1.54, 1.807) is 46.4 Å². The van der Waals surface area contributed by atoms with Crippen LogP contribution in [-0.2, 0) is 0 Å². The van der Waals surface area contributed by atoms with Crippen LogP contribution in [0.15, 0.2) is 57.4 Å². The lowest BCUT2D eigenvalue weighted by molar-refractivity contribution is 1.27. The molecule has 3 heterocycles. The zero-order valence-corrected chi connectivity index (χ0v) is 12.3. The van der Waals surface area contributed by atoms with E-state index in [1.165, 1.54) is 9.75 Å². The molecule has 0 unspecified atom stereocenters. The van der Waals surface area contributed by atoms with Gasteiger partial charge in [0, 0.05) is 19.5 Å². The molecule has 0 fully saturated rings. The van der Waals surface area contributed by atoms with Crippen molar-refractivity contribution in [1.29, 1.82) is 0 Å². The van der Waals surface area contributed by atoms with Crippen molar-refractivity contribution >= 4 is 46.4 Å². The fraction of sp³-hybridized carbons (Fsp3) is 0. The average molecular weight is 302 g/mol. The summed E-state index contributed by atoms with van der Waals surface area (Å²) < 4.78 is 0. The predicted molar refractivity (Wildman–Crippen MR) is 87.1 cm³/mol. The minimum absolute atomic E-state index is 1.11. The molecule has 94 valence electrons. The van der Waals surface area contributed by atoms with E-state index in [2.05, 4.69) is 39.8 Å². The molecular weight excluding hydrogens is 292 g/mol. The first-order valence-corrected chi connectivity index (χ1v) is 8.23. The van der Waals surface area contributed by atoms with Crippen LogP contribution in [0, 0.1) is 0 Å². The molecule has 0 aromatic carbocycles. The van der Waals surface area contributed by atoms with Crippen molar-refractivity contribution < 1.29 is 0 Å². The van der Waals surface area contributed by atoms with E-state index < -0.39 is 0 Å². The topological polar surface area (TPSA) is 24.7 Å². The van der Waals surface area contributed by atoms with E-state index >= 15 is 0 Å². The lowest BCUT2D eigenvalue weighted by atomic mass is 10.4. The van der Waals surface area contributed by atoms with Gasteiger partial charge in [-0.3, -0.25) is 0 Å². The molecule has 19 heavy (non-hydrogen) atoms. The van der Waals surface area contributed by atoms with Gasteiger partial charge in [-0.2, -0.15) is 10.2 Å². The minimum atomic E-state index is 1.11. The molecule has 0 spiro atoms. The molecule has 0 aliphatic rings. The van der Waals surface area contributed by atoms with Gasteiger partial charge in [-0.05, 0) is 35.0 Å². The molecule has 0 aliphatic heterocycles. The second-order valence-corrected chi connectivity index (χ2v) is 6.73. The van der Waals surface area contributed by atoms with Crippen molar-refractivity contribution in [2.24, 2.45) is 10.2 Å². The summed E-state index contributed by atoms with van der Waals surface area (Å²) in [5.41, 5.74) is 0. The van der Waals surface area contributed by atoms with Crippen molar-refractivity contribution in [2.45, 2.75) is 0 Å². The van der Waals surface area contributed by atoms with E-state index in [9.17, 15) is 0 Å². The standard InChI is InChI=1S/C14H10N2S3/c1-3-11(17-7-1)9-15-16-10-12-5-6-14(19-12)13-4-2-8-18-13/h1-10H/b15-9+,16-10+. The van der Waals surface area contributed by atoms with Crippen molar-refractivity contribution in [1.82, 2.24) is 0 Å². The van der Waals surface area contributed by atoms with Gasteiger partial charge < -0.3 is 0 Å². The van der Waals surface area contributed by atoms with Gasteiger partial charge >= 0.3 is 0 Å². The fourth-order valence-corrected chi connectivity index (χ4v) is 3.81. The summed E-state index contributed by atoms with van der Waals surface area (Å²) in [6.07, 6.45) is 3.57. The Hall–Kier alpha value is -1.56. The molecule has 0 aliphatic carbocycles. The van der Waals surface area contributed by atoms with Crippen LogP contribution in [0.3, 0.4) is 0 Å². The molecule has 3 rings (SSSR count). The average Bonchev–Trinajstić information content (AvgIpc) is 3.15. The normalized spacial score (nSPS) is 11.8. The third-order valence-electron chi connectivity index (χ3n) is 2.37. The Labute approximate surface area is 123 Å². The Bertz CT molecular complexity index is 676. The van der Waals surface area contributed by atoms with Gasteiger partial charge in [-0.1, -0.05) is 12.1 Å². The van der Waals surface area contributed by atoms with Crippen molar-refractivity contribution in [2.75, 3.05) is 0 Å². The second-order valence-electron chi connectivity index (χ2n) is 3.68. The molecule has 0 saturated heterocycles. The molecule has 0 saturated carbocycles. The highest BCUT2D eigenvalue weighted by molar-refractivity contribution is 7.22. The lowest BCUT2D eigenvalue weighted by Gasteiger charge is -1.86. The summed E-state index contributed by atoms with van der Waals surface area (Å²) in [5.74, 6) is 0. The second kappa shape index (κ2) is 6.06. The highest BCUT2D eigenvalue weighted by Crippen LogP contribution is 2.30. The van der Waals surface area contributed by atoms with Crippen LogP contribution >= 0.6 is 34.0 Å². The molecule has 0 atom stereocenters. The number of thiophene rings is 3. The number of nitrogens with zero attached hydrogens (tertiary/aromatic N) is 2. The Kier molecular flexibility index (Phi) is 3.98. The smallest absolute Gasteiger partial charge is 0.0668 e. The number of rotatable bonds is 4. The minimum Gasteiger partial charge on any atom is -0.158 e. The number of hydrogen-bond acceptors (Lipinski definition) is 5. The van der Waals surface area contributed by atoms with Crippen LogP contribution in [0.1, 0.15) is 9.75 Å². The first-order chi connectivity index (χ1) is 9.42. The number of hydrogen-bond donors (Lipinski definition) is 0. The van der Waals surface area contributed by atoms with Gasteiger partial charge in [-0.15, -0.1) is 34.0 Å². The van der Waals surface area contributed by atoms with Gasteiger partial charge in [0.25, 0.3) is 0 Å². The van der Waals surface area contributed by atoms with E-state index in [0.717, 1.165) is 9.75 Å². The highest BCUT2D eigenvalue weighted by Gasteiger charge is 2.01. The van der Waals surface area contributed by atoms with Crippen LogP contribution in [0.5, 0.6) is 0 Å². The molecule has 5 heteroatoms. The van der Waals surface area contributed by atoms with Crippen molar-refractivity contribution in [3.8, 4) is 9.75 Å². The summed E-state index contributed by atoms with van der Waals surface area (Å²) in [6.45, 7) is 0. The molecule has 3 aromatic rings. The summed E-state index contributed by atoms with van der Waals surface area (Å²) >= 11 is 5.13. The molecular formula is C14H10N2S3. The zero-order chi connectivity index (χ0) is 12.9. The Balaban J connectivity index is 1.67. The van der Waals surface area contributed by atoms with Gasteiger partial charge in [0.05, 0.1) is 12.4 Å². The quantitative estimate of drug-likeness (QED) is 0.479. The summed E-state index contributed by atoms with van der Waals surface area (Å²) in [4.78, 5) is 4.81. The summed E-state index contributed by atoms with van der Waals surface area (Å²) in [5, 5.41) is 12.2. The Morgan fingerprint density at radius 1 is 0.737 bits per heavy atom. The maximum atomic E-state index is 4.08. The van der Waals surface area contributed by atoms with E-state index in [4.69, 9.17) is 0 Å². The van der Waals surface area contributed by atoms with E-state index in [0.29, 0.717) is 0 Å². The third kappa shape index (κ3) is 3.26. The van der Waals surface area contributed by atoms with Crippen LogP contribution in [0.25, 0.3) is 9.75 Å². The first kappa shape index (κ1) is 12.5. The summed E-state index contributed by atoms with van der Waals surface area (Å²) in [7, 11) is 0. The van der Waals surface area contributed by atoms with E-state index in [1.807, 2.05) is 17.5 Å². The molecule has 0 radical (unpaired) electrons. The van der Waals surface area contributed by atoms with Crippen LogP contribution in [0.2, 0.25) is 0 Å². The summed E-state index contributed by atoms with van der Waals surface area (Å²) in [6, 6.07) is 12.4. The maximum Gasteiger partial charge on any atom is 0.0668 e. The Morgan fingerprint density at radius 2 is 1.53 bits per heavy atom. The van der Waals surface area contributed by atoms with Gasteiger partial charge in [0.2, 0.25) is 0 Å². The van der Waals surface area contributed by atoms with Crippen LogP contribution in [-0.4, -0.2) is 12.4 Å². The molecule has 0 bridgehead atoms. The third-order valence-corrected chi connectivity index (χ3v) is 5.26. The molecule has 3 aromatic heterocycles. The molecule has 2 nitrogen and oxygen atoms in total. The highest BCUT2D eigenvalue weighted by atomic mass is 32.1. The fourth-order valence-electron chi connectivity index (χ4n) is 1.52. The van der Waals surface area contributed by atoms with Gasteiger partial charge in [-0.25, -0.2) is 0 Å². The van der Waals surface area contributed by atoms with E-state index in [-0.39, 0.29) is 0 Å². The maximum absolute atomic E-state index is 4.08. The SMILES string of the molecule is C(=N\N=C\c1ccc(-c2cccs2)s1)/c1cccs1. The zero-order valence-electron chi connectivity index (χ0n) is 9.89. The first-order valence-electron chi connectivity index (χ1n) is 5.65. The van der Waals surface area contributed by atoms with Gasteiger partial charge in [0.1, 0.15) is 0 Å². The molecule has 0 amide bonds. The van der Waals surface area contributed by atoms with Crippen LogP contribution in [0.4, 0.5) is 0 Å². The molecule has 0 N–H and O–H groups in total.